The molecule has 1 aliphatic heterocycles. The highest BCUT2D eigenvalue weighted by Gasteiger charge is 2.41. The van der Waals surface area contributed by atoms with Crippen LogP contribution in [-0.2, 0) is 9.53 Å². The van der Waals surface area contributed by atoms with E-state index >= 15 is 0 Å². The van der Waals surface area contributed by atoms with Crippen molar-refractivity contribution in [3.63, 3.8) is 0 Å². The van der Waals surface area contributed by atoms with E-state index < -0.39 is 5.97 Å². The highest BCUT2D eigenvalue weighted by atomic mass is 16.5. The number of nitrogens with zero attached hydrogens (tertiary/aromatic N) is 1. The van der Waals surface area contributed by atoms with Crippen molar-refractivity contribution < 1.29 is 14.6 Å². The van der Waals surface area contributed by atoms with Crippen LogP contribution < -0.4 is 0 Å². The molecule has 0 bridgehead atoms. The van der Waals surface area contributed by atoms with Gasteiger partial charge in [-0.1, -0.05) is 0 Å². The van der Waals surface area contributed by atoms with Gasteiger partial charge in [-0.3, -0.25) is 9.69 Å². The van der Waals surface area contributed by atoms with Crippen LogP contribution in [0.2, 0.25) is 0 Å². The van der Waals surface area contributed by atoms with Crippen LogP contribution >= 0.6 is 0 Å². The van der Waals surface area contributed by atoms with E-state index in [0.717, 1.165) is 38.9 Å². The number of aliphatic carboxylic acids is 1. The number of ether oxygens (including phenoxy) is 1. The van der Waals surface area contributed by atoms with Gasteiger partial charge in [0.2, 0.25) is 0 Å². The Kier molecular flexibility index (Phi) is 3.26. The molecule has 0 aromatic carbocycles. The summed E-state index contributed by atoms with van der Waals surface area (Å²) in [6.07, 6.45) is 4.08. The maximum atomic E-state index is 11.2. The van der Waals surface area contributed by atoms with E-state index in [0.29, 0.717) is 12.0 Å². The van der Waals surface area contributed by atoms with Crippen molar-refractivity contribution in [1.82, 2.24) is 4.90 Å². The fourth-order valence-electron chi connectivity index (χ4n) is 2.44. The Hall–Kier alpha value is -0.610. The molecule has 1 aliphatic carbocycles. The smallest absolute Gasteiger partial charge is 0.321 e. The van der Waals surface area contributed by atoms with Crippen molar-refractivity contribution in [2.45, 2.75) is 37.8 Å². The van der Waals surface area contributed by atoms with Crippen LogP contribution in [0.4, 0.5) is 0 Å². The van der Waals surface area contributed by atoms with Gasteiger partial charge in [0.05, 0.1) is 0 Å². The minimum atomic E-state index is -0.661. The van der Waals surface area contributed by atoms with Crippen LogP contribution in [-0.4, -0.2) is 48.3 Å². The molecule has 0 aromatic heterocycles. The first-order chi connectivity index (χ1) is 7.20. The number of likely N-dealkylation sites (N-methyl/N-ethyl adjacent to an activating group) is 1. The van der Waals surface area contributed by atoms with Crippen LogP contribution in [0.15, 0.2) is 0 Å². The van der Waals surface area contributed by atoms with E-state index in [2.05, 4.69) is 4.90 Å². The lowest BCUT2D eigenvalue weighted by atomic mass is 10.0. The second kappa shape index (κ2) is 4.49. The van der Waals surface area contributed by atoms with Crippen LogP contribution in [0, 0.1) is 5.92 Å². The lowest BCUT2D eigenvalue weighted by molar-refractivity contribution is -0.145. The van der Waals surface area contributed by atoms with Gasteiger partial charge in [-0.2, -0.15) is 0 Å². The second-order valence-corrected chi connectivity index (χ2v) is 4.63. The minimum absolute atomic E-state index is 0.270. The lowest BCUT2D eigenvalue weighted by Crippen LogP contribution is -2.48. The largest absolute Gasteiger partial charge is 0.480 e. The molecule has 0 spiro atoms. The minimum Gasteiger partial charge on any atom is -0.480 e. The van der Waals surface area contributed by atoms with E-state index in [1.165, 1.54) is 0 Å². The van der Waals surface area contributed by atoms with Crippen molar-refractivity contribution in [3.8, 4) is 0 Å². The molecule has 1 heterocycles. The summed E-state index contributed by atoms with van der Waals surface area (Å²) in [5.41, 5.74) is 0. The zero-order chi connectivity index (χ0) is 10.8. The van der Waals surface area contributed by atoms with E-state index in [1.54, 1.807) is 0 Å². The summed E-state index contributed by atoms with van der Waals surface area (Å²) in [7, 11) is 1.95. The van der Waals surface area contributed by atoms with Gasteiger partial charge in [-0.15, -0.1) is 0 Å². The van der Waals surface area contributed by atoms with Gasteiger partial charge in [0.15, 0.2) is 0 Å². The lowest BCUT2D eigenvalue weighted by Gasteiger charge is -2.35. The van der Waals surface area contributed by atoms with E-state index in [-0.39, 0.29) is 6.04 Å². The van der Waals surface area contributed by atoms with E-state index in [1.807, 2.05) is 7.05 Å². The normalized spacial score (nSPS) is 25.5. The molecule has 86 valence electrons. The van der Waals surface area contributed by atoms with E-state index in [4.69, 9.17) is 4.74 Å². The maximum absolute atomic E-state index is 11.2. The fourth-order valence-corrected chi connectivity index (χ4v) is 2.44. The molecule has 1 saturated carbocycles. The fraction of sp³-hybridized carbons (Fsp3) is 0.909. The molecule has 2 aliphatic rings. The zero-order valence-electron chi connectivity index (χ0n) is 9.19. The van der Waals surface area contributed by atoms with E-state index in [9.17, 15) is 9.90 Å². The summed E-state index contributed by atoms with van der Waals surface area (Å²) in [6.45, 7) is 1.54. The number of carboxylic acid groups (broad SMARTS) is 1. The first-order valence-electron chi connectivity index (χ1n) is 5.72. The summed E-state index contributed by atoms with van der Waals surface area (Å²) in [6, 6.07) is 0.119. The van der Waals surface area contributed by atoms with Crippen molar-refractivity contribution in [2.24, 2.45) is 5.92 Å². The summed E-state index contributed by atoms with van der Waals surface area (Å²) in [5, 5.41) is 9.21. The summed E-state index contributed by atoms with van der Waals surface area (Å²) in [4.78, 5) is 13.3. The molecule has 0 radical (unpaired) electrons. The topological polar surface area (TPSA) is 49.8 Å². The van der Waals surface area contributed by atoms with Gasteiger partial charge in [-0.05, 0) is 38.6 Å². The second-order valence-electron chi connectivity index (χ2n) is 4.63. The Morgan fingerprint density at radius 1 is 1.33 bits per heavy atom. The predicted octanol–water partition coefficient (Wildman–Crippen LogP) is 0.960. The molecule has 1 N–H and O–H groups in total. The maximum Gasteiger partial charge on any atom is 0.321 e. The average Bonchev–Trinajstić information content (AvgIpc) is 3.03. The number of carbonyl (C=O) groups is 1. The Morgan fingerprint density at radius 3 is 2.40 bits per heavy atom. The molecule has 1 saturated heterocycles. The highest BCUT2D eigenvalue weighted by molar-refractivity contribution is 5.74. The molecule has 4 heteroatoms. The van der Waals surface area contributed by atoms with Crippen LogP contribution in [0.3, 0.4) is 0 Å². The molecular formula is C11H19NO3. The Balaban J connectivity index is 1.96. The van der Waals surface area contributed by atoms with Gasteiger partial charge >= 0.3 is 5.97 Å². The molecule has 0 aromatic rings. The quantitative estimate of drug-likeness (QED) is 0.755. The van der Waals surface area contributed by atoms with Crippen molar-refractivity contribution in [3.05, 3.63) is 0 Å². The summed E-state index contributed by atoms with van der Waals surface area (Å²) < 4.78 is 5.29. The Bertz CT molecular complexity index is 234. The first kappa shape index (κ1) is 10.9. The van der Waals surface area contributed by atoms with Crippen LogP contribution in [0.1, 0.15) is 25.7 Å². The van der Waals surface area contributed by atoms with Gasteiger partial charge in [0, 0.05) is 19.3 Å². The molecule has 1 atom stereocenters. The Morgan fingerprint density at radius 2 is 1.93 bits per heavy atom. The van der Waals surface area contributed by atoms with Gasteiger partial charge < -0.3 is 9.84 Å². The Labute approximate surface area is 90.2 Å². The number of hydrogen-bond donors (Lipinski definition) is 1. The van der Waals surface area contributed by atoms with Crippen molar-refractivity contribution in [1.29, 1.82) is 0 Å². The van der Waals surface area contributed by atoms with Gasteiger partial charge in [-0.25, -0.2) is 0 Å². The number of rotatable bonds is 4. The van der Waals surface area contributed by atoms with Gasteiger partial charge in [0.1, 0.15) is 6.04 Å². The monoisotopic (exact) mass is 213 g/mol. The molecule has 0 amide bonds. The zero-order valence-corrected chi connectivity index (χ0v) is 9.19. The third-order valence-electron chi connectivity index (χ3n) is 3.53. The van der Waals surface area contributed by atoms with Crippen LogP contribution in [0.5, 0.6) is 0 Å². The molecule has 2 fully saturated rings. The molecule has 4 nitrogen and oxygen atoms in total. The number of hydrogen-bond acceptors (Lipinski definition) is 3. The average molecular weight is 213 g/mol. The summed E-state index contributed by atoms with van der Waals surface area (Å²) >= 11 is 0. The molecular weight excluding hydrogens is 194 g/mol. The molecule has 2 rings (SSSR count). The third-order valence-corrected chi connectivity index (χ3v) is 3.53. The first-order valence-corrected chi connectivity index (χ1v) is 5.72. The molecule has 1 unspecified atom stereocenters. The predicted molar refractivity (Wildman–Crippen MR) is 55.8 cm³/mol. The molecule has 15 heavy (non-hydrogen) atoms. The summed E-state index contributed by atoms with van der Waals surface area (Å²) in [5.74, 6) is -0.276. The van der Waals surface area contributed by atoms with Crippen LogP contribution in [0.25, 0.3) is 0 Å². The third kappa shape index (κ3) is 2.49. The van der Waals surface area contributed by atoms with Gasteiger partial charge in [0.25, 0.3) is 0 Å². The van der Waals surface area contributed by atoms with Crippen molar-refractivity contribution in [2.75, 3.05) is 20.3 Å². The number of carboxylic acids is 1. The highest BCUT2D eigenvalue weighted by Crippen LogP contribution is 2.36. The van der Waals surface area contributed by atoms with Crippen molar-refractivity contribution >= 4 is 5.97 Å². The standard InChI is InChI=1S/C11H19NO3/c1-12(9-4-6-15-7-5-9)10(11(13)14)8-2-3-8/h8-10H,2-7H2,1H3,(H,13,14). The SMILES string of the molecule is CN(C1CCOCC1)C(C(=O)O)C1CC1.